The molecule has 2 aromatic carbocycles. The molecule has 1 aromatic heterocycles. The maximum absolute atomic E-state index is 12.3. The van der Waals surface area contributed by atoms with Gasteiger partial charge in [0.2, 0.25) is 5.91 Å². The molecule has 0 saturated carbocycles. The summed E-state index contributed by atoms with van der Waals surface area (Å²) >= 11 is 6.63. The SMILES string of the molecule is CNC/C=C/C(=O)N1CCN(c2ncnc3cc(-c4ccccc4)c(Cl)cc23)CC1. The van der Waals surface area contributed by atoms with Gasteiger partial charge in [0.1, 0.15) is 12.1 Å². The summed E-state index contributed by atoms with van der Waals surface area (Å²) in [6.07, 6.45) is 5.08. The topological polar surface area (TPSA) is 61.4 Å². The van der Waals surface area contributed by atoms with Gasteiger partial charge in [-0.25, -0.2) is 9.97 Å². The van der Waals surface area contributed by atoms with E-state index in [9.17, 15) is 4.79 Å². The molecule has 0 radical (unpaired) electrons. The quantitative estimate of drug-likeness (QED) is 0.640. The predicted molar refractivity (Wildman–Crippen MR) is 122 cm³/mol. The van der Waals surface area contributed by atoms with Gasteiger partial charge in [0.25, 0.3) is 0 Å². The molecule has 154 valence electrons. The van der Waals surface area contributed by atoms with Crippen molar-refractivity contribution in [3.8, 4) is 11.1 Å². The number of nitrogens with zero attached hydrogens (tertiary/aromatic N) is 4. The molecule has 1 N–H and O–H groups in total. The molecular weight excluding hydrogens is 398 g/mol. The van der Waals surface area contributed by atoms with E-state index in [1.165, 1.54) is 0 Å². The highest BCUT2D eigenvalue weighted by Crippen LogP contribution is 2.34. The predicted octanol–water partition coefficient (Wildman–Crippen LogP) is 3.37. The van der Waals surface area contributed by atoms with Crippen molar-refractivity contribution in [3.05, 3.63) is 66.0 Å². The first kappa shape index (κ1) is 20.3. The van der Waals surface area contributed by atoms with E-state index in [0.29, 0.717) is 24.7 Å². The van der Waals surface area contributed by atoms with Gasteiger partial charge in [0.15, 0.2) is 0 Å². The lowest BCUT2D eigenvalue weighted by Crippen LogP contribution is -2.48. The third kappa shape index (κ3) is 4.30. The van der Waals surface area contributed by atoms with Crippen LogP contribution in [0, 0.1) is 0 Å². The summed E-state index contributed by atoms with van der Waals surface area (Å²) in [5, 5.41) is 4.60. The van der Waals surface area contributed by atoms with Crippen molar-refractivity contribution in [2.45, 2.75) is 0 Å². The van der Waals surface area contributed by atoms with Gasteiger partial charge in [-0.2, -0.15) is 0 Å². The number of piperazine rings is 1. The number of aromatic nitrogens is 2. The molecule has 0 spiro atoms. The van der Waals surface area contributed by atoms with E-state index in [4.69, 9.17) is 11.6 Å². The van der Waals surface area contributed by atoms with Gasteiger partial charge < -0.3 is 15.1 Å². The highest BCUT2D eigenvalue weighted by Gasteiger charge is 2.22. The van der Waals surface area contributed by atoms with Crippen molar-refractivity contribution in [1.82, 2.24) is 20.2 Å². The maximum atomic E-state index is 12.3. The summed E-state index contributed by atoms with van der Waals surface area (Å²) in [6, 6.07) is 14.0. The molecule has 1 aliphatic heterocycles. The molecule has 4 rings (SSSR count). The molecule has 6 nitrogen and oxygen atoms in total. The van der Waals surface area contributed by atoms with E-state index < -0.39 is 0 Å². The van der Waals surface area contributed by atoms with Crippen LogP contribution in [0.15, 0.2) is 60.9 Å². The number of benzene rings is 2. The fourth-order valence-electron chi connectivity index (χ4n) is 3.68. The third-order valence-corrected chi connectivity index (χ3v) is 5.57. The zero-order valence-corrected chi connectivity index (χ0v) is 17.6. The standard InChI is InChI=1S/C23H24ClN5O/c1-25-9-5-8-22(30)28-10-12-29(13-11-28)23-19-14-20(24)18(15-21(19)26-16-27-23)17-6-3-2-4-7-17/h2-8,14-16,25H,9-13H2,1H3/b8-5+. The molecule has 0 unspecified atom stereocenters. The molecular formula is C23H24ClN5O. The first-order valence-corrected chi connectivity index (χ1v) is 10.4. The first-order valence-electron chi connectivity index (χ1n) is 10.0. The molecule has 2 heterocycles. The monoisotopic (exact) mass is 421 g/mol. The van der Waals surface area contributed by atoms with Gasteiger partial charge in [0.05, 0.1) is 5.52 Å². The summed E-state index contributed by atoms with van der Waals surface area (Å²) in [5.41, 5.74) is 2.87. The Hall–Kier alpha value is -2.96. The number of hydrogen-bond acceptors (Lipinski definition) is 5. The number of carbonyl (C=O) groups is 1. The Morgan fingerprint density at radius 1 is 1.13 bits per heavy atom. The minimum atomic E-state index is 0.0491. The number of amides is 1. The lowest BCUT2D eigenvalue weighted by molar-refractivity contribution is -0.126. The van der Waals surface area contributed by atoms with Crippen molar-refractivity contribution in [3.63, 3.8) is 0 Å². The second-order valence-electron chi connectivity index (χ2n) is 7.18. The Labute approximate surface area is 181 Å². The van der Waals surface area contributed by atoms with Crippen LogP contribution in [-0.4, -0.2) is 60.5 Å². The second kappa shape index (κ2) is 9.24. The number of carbonyl (C=O) groups excluding carboxylic acids is 1. The number of rotatable bonds is 5. The normalized spacial score (nSPS) is 14.6. The van der Waals surface area contributed by atoms with E-state index in [1.54, 1.807) is 12.4 Å². The summed E-state index contributed by atoms with van der Waals surface area (Å²) < 4.78 is 0. The van der Waals surface area contributed by atoms with Crippen LogP contribution in [0.3, 0.4) is 0 Å². The summed E-state index contributed by atoms with van der Waals surface area (Å²) in [6.45, 7) is 3.43. The minimum absolute atomic E-state index is 0.0491. The third-order valence-electron chi connectivity index (χ3n) is 5.26. The van der Waals surface area contributed by atoms with Crippen molar-refractivity contribution in [2.75, 3.05) is 44.7 Å². The Bertz CT molecular complexity index is 1060. The van der Waals surface area contributed by atoms with E-state index in [1.807, 2.05) is 60.5 Å². The smallest absolute Gasteiger partial charge is 0.246 e. The van der Waals surface area contributed by atoms with E-state index in [-0.39, 0.29) is 5.91 Å². The second-order valence-corrected chi connectivity index (χ2v) is 7.59. The number of halogens is 1. The molecule has 3 aromatic rings. The van der Waals surface area contributed by atoms with Gasteiger partial charge in [-0.1, -0.05) is 48.0 Å². The van der Waals surface area contributed by atoms with Crippen LogP contribution in [-0.2, 0) is 4.79 Å². The molecule has 1 amide bonds. The maximum Gasteiger partial charge on any atom is 0.246 e. The van der Waals surface area contributed by atoms with Crippen LogP contribution >= 0.6 is 11.6 Å². The summed E-state index contributed by atoms with van der Waals surface area (Å²) in [7, 11) is 1.86. The van der Waals surface area contributed by atoms with Crippen LogP contribution in [0.4, 0.5) is 5.82 Å². The number of likely N-dealkylation sites (N-methyl/N-ethyl adjacent to an activating group) is 1. The van der Waals surface area contributed by atoms with Gasteiger partial charge in [0, 0.05) is 54.8 Å². The zero-order valence-electron chi connectivity index (χ0n) is 16.9. The zero-order chi connectivity index (χ0) is 20.9. The van der Waals surface area contributed by atoms with Crippen LogP contribution in [0.1, 0.15) is 0 Å². The lowest BCUT2D eigenvalue weighted by atomic mass is 10.0. The van der Waals surface area contributed by atoms with Gasteiger partial charge in [-0.05, 0) is 24.7 Å². The molecule has 0 aliphatic carbocycles. The molecule has 1 aliphatic rings. The number of fused-ring (bicyclic) bond motifs is 1. The van der Waals surface area contributed by atoms with Gasteiger partial charge in [-0.15, -0.1) is 0 Å². The highest BCUT2D eigenvalue weighted by atomic mass is 35.5. The Morgan fingerprint density at radius 3 is 2.63 bits per heavy atom. The van der Waals surface area contributed by atoms with Crippen LogP contribution in [0.2, 0.25) is 5.02 Å². The fraction of sp³-hybridized carbons (Fsp3) is 0.261. The number of anilines is 1. The lowest BCUT2D eigenvalue weighted by Gasteiger charge is -2.35. The van der Waals surface area contributed by atoms with E-state index >= 15 is 0 Å². The minimum Gasteiger partial charge on any atom is -0.352 e. The van der Waals surface area contributed by atoms with Gasteiger partial charge >= 0.3 is 0 Å². The fourth-order valence-corrected chi connectivity index (χ4v) is 3.95. The molecule has 1 saturated heterocycles. The van der Waals surface area contributed by atoms with Crippen molar-refractivity contribution < 1.29 is 4.79 Å². The Balaban J connectivity index is 1.56. The van der Waals surface area contributed by atoms with Crippen molar-refractivity contribution in [1.29, 1.82) is 0 Å². The van der Waals surface area contributed by atoms with Gasteiger partial charge in [-0.3, -0.25) is 4.79 Å². The van der Waals surface area contributed by atoms with Crippen LogP contribution < -0.4 is 10.2 Å². The van der Waals surface area contributed by atoms with E-state index in [2.05, 4.69) is 20.2 Å². The first-order chi connectivity index (χ1) is 14.7. The summed E-state index contributed by atoms with van der Waals surface area (Å²) in [4.78, 5) is 25.4. The molecule has 0 atom stereocenters. The number of hydrogen-bond donors (Lipinski definition) is 1. The highest BCUT2D eigenvalue weighted by molar-refractivity contribution is 6.34. The molecule has 7 heteroatoms. The van der Waals surface area contributed by atoms with E-state index in [0.717, 1.165) is 40.9 Å². The number of nitrogens with one attached hydrogen (secondary N) is 1. The molecule has 0 bridgehead atoms. The van der Waals surface area contributed by atoms with Crippen molar-refractivity contribution in [2.24, 2.45) is 0 Å². The van der Waals surface area contributed by atoms with Crippen molar-refractivity contribution >= 4 is 34.2 Å². The largest absolute Gasteiger partial charge is 0.352 e. The molecule has 30 heavy (non-hydrogen) atoms. The Morgan fingerprint density at radius 2 is 1.90 bits per heavy atom. The average molecular weight is 422 g/mol. The molecule has 1 fully saturated rings. The van der Waals surface area contributed by atoms with Crippen LogP contribution in [0.25, 0.3) is 22.0 Å². The Kier molecular flexibility index (Phi) is 6.26. The average Bonchev–Trinajstić information content (AvgIpc) is 2.79. The van der Waals surface area contributed by atoms with Crippen LogP contribution in [0.5, 0.6) is 0 Å². The summed E-state index contributed by atoms with van der Waals surface area (Å²) in [5.74, 6) is 0.910.